The molecule has 0 aromatic heterocycles. The van der Waals surface area contributed by atoms with Gasteiger partial charge in [0.1, 0.15) is 18.4 Å². The van der Waals surface area contributed by atoms with Crippen molar-refractivity contribution in [1.82, 2.24) is 0 Å². The highest BCUT2D eigenvalue weighted by atomic mass is 35.5. The summed E-state index contributed by atoms with van der Waals surface area (Å²) in [6, 6.07) is 5.51. The fourth-order valence-electron chi connectivity index (χ4n) is 1.98. The van der Waals surface area contributed by atoms with Crippen molar-refractivity contribution in [2.75, 3.05) is 6.61 Å². The van der Waals surface area contributed by atoms with Crippen molar-refractivity contribution in [3.05, 3.63) is 40.4 Å². The molecular weight excluding hydrogens is 302 g/mol. The number of aryl methyl sites for hydroxylation is 1. The lowest BCUT2D eigenvalue weighted by Crippen LogP contribution is -2.20. The molecule has 1 heterocycles. The topological polar surface area (TPSA) is 74.8 Å². The number of nitriles is 1. The van der Waals surface area contributed by atoms with Crippen LogP contribution in [0.5, 0.6) is 5.75 Å². The number of hydrogen-bond acceptors (Lipinski definition) is 4. The number of benzene rings is 1. The number of hydrogen-bond donors (Lipinski definition) is 0. The van der Waals surface area contributed by atoms with E-state index in [-0.39, 0.29) is 18.6 Å². The molecule has 0 N–H and O–H groups in total. The Morgan fingerprint density at radius 3 is 2.77 bits per heavy atom. The number of ether oxygens (including phenoxy) is 1. The SMILES string of the molecule is Cc1cc(OCC2C=CC(=O)N=N2)c(C(C)(C)C#N)cc1Cl. The third-order valence-corrected chi connectivity index (χ3v) is 3.80. The number of azo groups is 1. The number of halogens is 1. The summed E-state index contributed by atoms with van der Waals surface area (Å²) in [7, 11) is 0. The first-order chi connectivity index (χ1) is 10.3. The van der Waals surface area contributed by atoms with Crippen LogP contribution in [0.15, 0.2) is 34.5 Å². The van der Waals surface area contributed by atoms with Crippen LogP contribution in [0, 0.1) is 18.3 Å². The van der Waals surface area contributed by atoms with Gasteiger partial charge in [0.05, 0.1) is 11.5 Å². The third-order valence-electron chi connectivity index (χ3n) is 3.39. The van der Waals surface area contributed by atoms with E-state index >= 15 is 0 Å². The summed E-state index contributed by atoms with van der Waals surface area (Å²) in [6.45, 7) is 5.72. The summed E-state index contributed by atoms with van der Waals surface area (Å²) in [5.74, 6) is 0.221. The first-order valence-corrected chi connectivity index (χ1v) is 7.19. The van der Waals surface area contributed by atoms with E-state index in [0.717, 1.165) is 11.1 Å². The Bertz CT molecular complexity index is 686. The number of rotatable bonds is 4. The maximum Gasteiger partial charge on any atom is 0.287 e. The highest BCUT2D eigenvalue weighted by molar-refractivity contribution is 6.31. The van der Waals surface area contributed by atoms with Crippen molar-refractivity contribution in [2.24, 2.45) is 10.2 Å². The van der Waals surface area contributed by atoms with Gasteiger partial charge in [0.15, 0.2) is 0 Å². The van der Waals surface area contributed by atoms with Crippen LogP contribution in [0.3, 0.4) is 0 Å². The van der Waals surface area contributed by atoms with Crippen LogP contribution < -0.4 is 4.74 Å². The van der Waals surface area contributed by atoms with Gasteiger partial charge in [-0.3, -0.25) is 4.79 Å². The van der Waals surface area contributed by atoms with E-state index in [9.17, 15) is 10.1 Å². The highest BCUT2D eigenvalue weighted by Gasteiger charge is 2.26. The molecule has 1 unspecified atom stereocenters. The van der Waals surface area contributed by atoms with Crippen molar-refractivity contribution in [2.45, 2.75) is 32.2 Å². The standard InChI is InChI=1S/C16H16ClN3O2/c1-10-6-14(12(7-13(10)17)16(2,3)9-18)22-8-11-4-5-15(21)20-19-11/h4-7,11H,8H2,1-3H3. The van der Waals surface area contributed by atoms with Crippen LogP contribution in [0.2, 0.25) is 5.02 Å². The van der Waals surface area contributed by atoms with Crippen LogP contribution >= 0.6 is 11.6 Å². The Hall–Kier alpha value is -2.19. The van der Waals surface area contributed by atoms with Crippen molar-refractivity contribution < 1.29 is 9.53 Å². The van der Waals surface area contributed by atoms with E-state index in [4.69, 9.17) is 16.3 Å². The molecule has 6 heteroatoms. The predicted molar refractivity (Wildman–Crippen MR) is 83.1 cm³/mol. The van der Waals surface area contributed by atoms with E-state index < -0.39 is 5.41 Å². The number of nitrogens with zero attached hydrogens (tertiary/aromatic N) is 3. The molecule has 0 aliphatic carbocycles. The molecule has 5 nitrogen and oxygen atoms in total. The summed E-state index contributed by atoms with van der Waals surface area (Å²) in [4.78, 5) is 11.0. The van der Waals surface area contributed by atoms with Crippen molar-refractivity contribution in [3.63, 3.8) is 0 Å². The normalized spacial score (nSPS) is 17.4. The zero-order valence-electron chi connectivity index (χ0n) is 12.6. The van der Waals surface area contributed by atoms with Crippen LogP contribution in [0.1, 0.15) is 25.0 Å². The average Bonchev–Trinajstić information content (AvgIpc) is 2.49. The van der Waals surface area contributed by atoms with Crippen LogP contribution in [-0.2, 0) is 10.2 Å². The van der Waals surface area contributed by atoms with Gasteiger partial charge >= 0.3 is 0 Å². The molecule has 0 bridgehead atoms. The Kier molecular flexibility index (Phi) is 4.62. The molecule has 22 heavy (non-hydrogen) atoms. The summed E-state index contributed by atoms with van der Waals surface area (Å²) >= 11 is 6.17. The minimum atomic E-state index is -0.730. The largest absolute Gasteiger partial charge is 0.491 e. The van der Waals surface area contributed by atoms with Gasteiger partial charge < -0.3 is 4.74 Å². The Labute approximate surface area is 134 Å². The first kappa shape index (κ1) is 16.2. The van der Waals surface area contributed by atoms with E-state index in [0.29, 0.717) is 10.8 Å². The minimum absolute atomic E-state index is 0.239. The smallest absolute Gasteiger partial charge is 0.287 e. The van der Waals surface area contributed by atoms with Crippen molar-refractivity contribution in [1.29, 1.82) is 5.26 Å². The number of carbonyl (C=O) groups is 1. The van der Waals surface area contributed by atoms with Gasteiger partial charge in [-0.05, 0) is 44.5 Å². The van der Waals surface area contributed by atoms with Gasteiger partial charge in [-0.15, -0.1) is 5.11 Å². The maximum atomic E-state index is 11.0. The fourth-order valence-corrected chi connectivity index (χ4v) is 2.15. The summed E-state index contributed by atoms with van der Waals surface area (Å²) in [5, 5.41) is 17.3. The molecule has 1 aliphatic rings. The van der Waals surface area contributed by atoms with E-state index in [1.54, 1.807) is 26.0 Å². The van der Waals surface area contributed by atoms with Crippen molar-refractivity contribution >= 4 is 17.5 Å². The molecule has 0 saturated carbocycles. The fraction of sp³-hybridized carbons (Fsp3) is 0.375. The zero-order valence-corrected chi connectivity index (χ0v) is 13.4. The summed E-state index contributed by atoms with van der Waals surface area (Å²) in [5.41, 5.74) is 0.857. The van der Waals surface area contributed by atoms with E-state index in [1.165, 1.54) is 6.08 Å². The second kappa shape index (κ2) is 6.29. The molecule has 1 amide bonds. The van der Waals surface area contributed by atoms with Crippen LogP contribution in [0.4, 0.5) is 0 Å². The lowest BCUT2D eigenvalue weighted by atomic mass is 9.85. The highest BCUT2D eigenvalue weighted by Crippen LogP contribution is 2.35. The van der Waals surface area contributed by atoms with Gasteiger partial charge in [0.25, 0.3) is 5.91 Å². The molecule has 0 spiro atoms. The molecule has 2 rings (SSSR count). The monoisotopic (exact) mass is 317 g/mol. The predicted octanol–water partition coefficient (Wildman–Crippen LogP) is 3.75. The quantitative estimate of drug-likeness (QED) is 0.848. The molecular formula is C16H16ClN3O2. The van der Waals surface area contributed by atoms with Gasteiger partial charge in [0.2, 0.25) is 0 Å². The summed E-state index contributed by atoms with van der Waals surface area (Å²) in [6.07, 6.45) is 3.02. The molecule has 0 saturated heterocycles. The van der Waals surface area contributed by atoms with Gasteiger partial charge in [-0.25, -0.2) is 0 Å². The third kappa shape index (κ3) is 3.52. The molecule has 1 aromatic rings. The zero-order chi connectivity index (χ0) is 16.3. The second-order valence-electron chi connectivity index (χ2n) is 5.63. The van der Waals surface area contributed by atoms with E-state index in [2.05, 4.69) is 16.3 Å². The minimum Gasteiger partial charge on any atom is -0.491 e. The lowest BCUT2D eigenvalue weighted by Gasteiger charge is -2.22. The van der Waals surface area contributed by atoms with Gasteiger partial charge in [-0.1, -0.05) is 11.6 Å². The Morgan fingerprint density at radius 2 is 2.18 bits per heavy atom. The van der Waals surface area contributed by atoms with Gasteiger partial charge in [-0.2, -0.15) is 10.4 Å². The molecule has 0 fully saturated rings. The Morgan fingerprint density at radius 1 is 1.45 bits per heavy atom. The Balaban J connectivity index is 2.25. The molecule has 114 valence electrons. The maximum absolute atomic E-state index is 11.0. The van der Waals surface area contributed by atoms with Crippen LogP contribution in [0.25, 0.3) is 0 Å². The molecule has 1 aromatic carbocycles. The molecule has 1 aliphatic heterocycles. The first-order valence-electron chi connectivity index (χ1n) is 6.81. The number of amides is 1. The van der Waals surface area contributed by atoms with Crippen molar-refractivity contribution in [3.8, 4) is 11.8 Å². The lowest BCUT2D eigenvalue weighted by molar-refractivity contribution is -0.114. The molecule has 1 atom stereocenters. The second-order valence-corrected chi connectivity index (χ2v) is 6.03. The van der Waals surface area contributed by atoms with Gasteiger partial charge in [0, 0.05) is 16.7 Å². The summed E-state index contributed by atoms with van der Waals surface area (Å²) < 4.78 is 5.81. The van der Waals surface area contributed by atoms with E-state index in [1.807, 2.05) is 13.0 Å². The van der Waals surface area contributed by atoms with Crippen LogP contribution in [-0.4, -0.2) is 18.6 Å². The molecule has 0 radical (unpaired) electrons. The average molecular weight is 318 g/mol. The number of carbonyl (C=O) groups excluding carboxylic acids is 1.